The molecule has 5 heteroatoms. The zero-order chi connectivity index (χ0) is 12.5. The molecule has 18 heavy (non-hydrogen) atoms. The van der Waals surface area contributed by atoms with E-state index in [2.05, 4.69) is 21.3 Å². The molecule has 4 nitrogen and oxygen atoms in total. The molecule has 0 saturated heterocycles. The van der Waals surface area contributed by atoms with Crippen molar-refractivity contribution >= 4 is 23.1 Å². The van der Waals surface area contributed by atoms with E-state index in [-0.39, 0.29) is 0 Å². The Morgan fingerprint density at radius 3 is 3.17 bits per heavy atom. The van der Waals surface area contributed by atoms with Crippen LogP contribution in [0.3, 0.4) is 0 Å². The van der Waals surface area contributed by atoms with Crippen LogP contribution < -0.4 is 10.6 Å². The molecule has 0 atom stereocenters. The fourth-order valence-electron chi connectivity index (χ4n) is 2.27. The first-order valence-corrected chi connectivity index (χ1v) is 6.68. The molecule has 3 rings (SSSR count). The zero-order valence-corrected chi connectivity index (χ0v) is 10.6. The van der Waals surface area contributed by atoms with E-state index < -0.39 is 5.91 Å². The van der Waals surface area contributed by atoms with Gasteiger partial charge in [0.2, 0.25) is 0 Å². The topological polar surface area (TPSA) is 59.2 Å². The third-order valence-corrected chi connectivity index (χ3v) is 4.18. The maximum absolute atomic E-state index is 11.4. The second-order valence-electron chi connectivity index (χ2n) is 4.28. The van der Waals surface area contributed by atoms with Crippen molar-refractivity contribution in [3.05, 3.63) is 45.8 Å². The SMILES string of the molecule is NC(=O)c1cccnc1N1CCc2sccc2C1. The fourth-order valence-corrected chi connectivity index (χ4v) is 3.16. The van der Waals surface area contributed by atoms with E-state index in [1.54, 1.807) is 29.7 Å². The molecular weight excluding hydrogens is 246 g/mol. The van der Waals surface area contributed by atoms with Crippen molar-refractivity contribution in [3.8, 4) is 0 Å². The van der Waals surface area contributed by atoms with Crippen LogP contribution in [0.15, 0.2) is 29.8 Å². The molecule has 0 spiro atoms. The van der Waals surface area contributed by atoms with E-state index in [1.807, 2.05) is 0 Å². The van der Waals surface area contributed by atoms with Gasteiger partial charge in [0, 0.05) is 24.2 Å². The van der Waals surface area contributed by atoms with Crippen molar-refractivity contribution in [1.82, 2.24) is 4.98 Å². The van der Waals surface area contributed by atoms with Gasteiger partial charge in [0.05, 0.1) is 5.56 Å². The number of aromatic nitrogens is 1. The van der Waals surface area contributed by atoms with Crippen LogP contribution in [0.2, 0.25) is 0 Å². The second kappa shape index (κ2) is 4.42. The van der Waals surface area contributed by atoms with E-state index in [0.29, 0.717) is 11.4 Å². The van der Waals surface area contributed by atoms with E-state index >= 15 is 0 Å². The first kappa shape index (κ1) is 11.2. The Labute approximate surface area is 109 Å². The van der Waals surface area contributed by atoms with Gasteiger partial charge in [0.1, 0.15) is 5.82 Å². The molecule has 0 fully saturated rings. The van der Waals surface area contributed by atoms with Crippen molar-refractivity contribution in [2.75, 3.05) is 11.4 Å². The molecule has 0 saturated carbocycles. The Hall–Kier alpha value is -1.88. The molecule has 1 amide bonds. The molecule has 0 radical (unpaired) electrons. The quantitative estimate of drug-likeness (QED) is 0.894. The lowest BCUT2D eigenvalue weighted by atomic mass is 10.1. The number of rotatable bonds is 2. The maximum Gasteiger partial charge on any atom is 0.252 e. The van der Waals surface area contributed by atoms with E-state index in [0.717, 1.165) is 19.5 Å². The summed E-state index contributed by atoms with van der Waals surface area (Å²) in [6.45, 7) is 1.68. The molecule has 0 aliphatic carbocycles. The Balaban J connectivity index is 1.95. The number of anilines is 1. The molecule has 0 unspecified atom stereocenters. The van der Waals surface area contributed by atoms with Gasteiger partial charge in [-0.1, -0.05) is 0 Å². The Morgan fingerprint density at radius 2 is 2.33 bits per heavy atom. The highest BCUT2D eigenvalue weighted by Crippen LogP contribution is 2.28. The van der Waals surface area contributed by atoms with E-state index in [1.165, 1.54) is 10.4 Å². The number of thiophene rings is 1. The average molecular weight is 259 g/mol. The normalized spacial score (nSPS) is 14.3. The largest absolute Gasteiger partial charge is 0.365 e. The average Bonchev–Trinajstić information content (AvgIpc) is 2.85. The van der Waals surface area contributed by atoms with Gasteiger partial charge in [0.15, 0.2) is 0 Å². The summed E-state index contributed by atoms with van der Waals surface area (Å²) in [5.41, 5.74) is 7.22. The Kier molecular flexibility index (Phi) is 2.76. The lowest BCUT2D eigenvalue weighted by Gasteiger charge is -2.29. The first-order chi connectivity index (χ1) is 8.75. The highest BCUT2D eigenvalue weighted by atomic mass is 32.1. The minimum atomic E-state index is -0.422. The van der Waals surface area contributed by atoms with Gasteiger partial charge in [-0.25, -0.2) is 4.98 Å². The number of hydrogen-bond acceptors (Lipinski definition) is 4. The molecular formula is C13H13N3OS. The van der Waals surface area contributed by atoms with Crippen LogP contribution in [0, 0.1) is 0 Å². The van der Waals surface area contributed by atoms with Crippen LogP contribution in [0.25, 0.3) is 0 Å². The monoisotopic (exact) mass is 259 g/mol. The molecule has 3 heterocycles. The number of fused-ring (bicyclic) bond motifs is 1. The summed E-state index contributed by atoms with van der Waals surface area (Å²) >= 11 is 1.79. The number of nitrogens with two attached hydrogens (primary N) is 1. The molecule has 92 valence electrons. The number of carbonyl (C=O) groups excluding carboxylic acids is 1. The maximum atomic E-state index is 11.4. The minimum absolute atomic E-state index is 0.422. The Morgan fingerprint density at radius 1 is 1.44 bits per heavy atom. The first-order valence-electron chi connectivity index (χ1n) is 5.80. The minimum Gasteiger partial charge on any atom is -0.365 e. The number of hydrogen-bond donors (Lipinski definition) is 1. The zero-order valence-electron chi connectivity index (χ0n) is 9.80. The van der Waals surface area contributed by atoms with Gasteiger partial charge < -0.3 is 10.6 Å². The fraction of sp³-hybridized carbons (Fsp3) is 0.231. The third kappa shape index (κ3) is 1.86. The van der Waals surface area contributed by atoms with Crippen molar-refractivity contribution in [3.63, 3.8) is 0 Å². The number of amides is 1. The third-order valence-electron chi connectivity index (χ3n) is 3.16. The summed E-state index contributed by atoms with van der Waals surface area (Å²) in [7, 11) is 0. The molecule has 0 aromatic carbocycles. The van der Waals surface area contributed by atoms with Crippen LogP contribution in [0.5, 0.6) is 0 Å². The lowest BCUT2D eigenvalue weighted by molar-refractivity contribution is 0.100. The summed E-state index contributed by atoms with van der Waals surface area (Å²) in [5, 5.41) is 2.11. The molecule has 2 N–H and O–H groups in total. The highest BCUT2D eigenvalue weighted by Gasteiger charge is 2.21. The number of nitrogens with zero attached hydrogens (tertiary/aromatic N) is 2. The van der Waals surface area contributed by atoms with Gasteiger partial charge >= 0.3 is 0 Å². The summed E-state index contributed by atoms with van der Waals surface area (Å²) in [4.78, 5) is 19.3. The Bertz CT molecular complexity index is 593. The molecule has 0 bridgehead atoms. The van der Waals surface area contributed by atoms with E-state index in [4.69, 9.17) is 5.73 Å². The standard InChI is InChI=1S/C13H13N3OS/c14-12(17)10-2-1-5-15-13(10)16-6-3-11-9(8-16)4-7-18-11/h1-2,4-5,7H,3,6,8H2,(H2,14,17). The smallest absolute Gasteiger partial charge is 0.252 e. The van der Waals surface area contributed by atoms with Crippen LogP contribution in [0.1, 0.15) is 20.8 Å². The van der Waals surface area contributed by atoms with Crippen LogP contribution in [-0.4, -0.2) is 17.4 Å². The number of pyridine rings is 1. The van der Waals surface area contributed by atoms with Crippen LogP contribution in [0.4, 0.5) is 5.82 Å². The van der Waals surface area contributed by atoms with Crippen molar-refractivity contribution in [2.45, 2.75) is 13.0 Å². The van der Waals surface area contributed by atoms with Crippen molar-refractivity contribution < 1.29 is 4.79 Å². The summed E-state index contributed by atoms with van der Waals surface area (Å²) < 4.78 is 0. The van der Waals surface area contributed by atoms with Crippen LogP contribution >= 0.6 is 11.3 Å². The van der Waals surface area contributed by atoms with Gasteiger partial charge in [-0.05, 0) is 35.6 Å². The molecule has 2 aromatic heterocycles. The summed E-state index contributed by atoms with van der Waals surface area (Å²) in [6, 6.07) is 5.61. The van der Waals surface area contributed by atoms with Crippen molar-refractivity contribution in [2.24, 2.45) is 5.73 Å². The highest BCUT2D eigenvalue weighted by molar-refractivity contribution is 7.10. The van der Waals surface area contributed by atoms with Crippen molar-refractivity contribution in [1.29, 1.82) is 0 Å². The summed E-state index contributed by atoms with van der Waals surface area (Å²) in [6.07, 6.45) is 2.70. The molecule has 2 aromatic rings. The van der Waals surface area contributed by atoms with Gasteiger partial charge in [0.25, 0.3) is 5.91 Å². The van der Waals surface area contributed by atoms with E-state index in [9.17, 15) is 4.79 Å². The van der Waals surface area contributed by atoms with Gasteiger partial charge in [-0.15, -0.1) is 11.3 Å². The van der Waals surface area contributed by atoms with Gasteiger partial charge in [-0.3, -0.25) is 4.79 Å². The summed E-state index contributed by atoms with van der Waals surface area (Å²) in [5.74, 6) is 0.274. The number of primary amides is 1. The predicted molar refractivity (Wildman–Crippen MR) is 71.8 cm³/mol. The molecule has 1 aliphatic heterocycles. The lowest BCUT2D eigenvalue weighted by Crippen LogP contribution is -2.32. The van der Waals surface area contributed by atoms with Gasteiger partial charge in [-0.2, -0.15) is 0 Å². The predicted octanol–water partition coefficient (Wildman–Crippen LogP) is 1.80. The molecule has 1 aliphatic rings. The second-order valence-corrected chi connectivity index (χ2v) is 5.28. The van der Waals surface area contributed by atoms with Crippen LogP contribution in [-0.2, 0) is 13.0 Å². The number of carbonyl (C=O) groups is 1.